The summed E-state index contributed by atoms with van der Waals surface area (Å²) >= 11 is 3.15. The Morgan fingerprint density at radius 1 is 1.60 bits per heavy atom. The average Bonchev–Trinajstić information content (AvgIpc) is 0.918. The van der Waals surface area contributed by atoms with Crippen molar-refractivity contribution in [3.63, 3.8) is 0 Å². The molecule has 0 radical (unpaired) electrons. The van der Waals surface area contributed by atoms with Crippen molar-refractivity contribution in [2.75, 3.05) is 5.33 Å². The molecule has 1 nitrogen and oxygen atoms in total. The van der Waals surface area contributed by atoms with Crippen molar-refractivity contribution in [3.05, 3.63) is 0 Å². The van der Waals surface area contributed by atoms with E-state index in [-0.39, 0.29) is 28.5 Å². The van der Waals surface area contributed by atoms with Crippen molar-refractivity contribution < 1.29 is 5.48 Å². The molecule has 0 amide bonds. The Bertz CT molecular complexity index is 9.61. The van der Waals surface area contributed by atoms with E-state index in [9.17, 15) is 0 Å². The van der Waals surface area contributed by atoms with Crippen LogP contribution in [0.1, 0.15) is 6.92 Å². The van der Waals surface area contributed by atoms with Crippen molar-refractivity contribution in [1.29, 1.82) is 0 Å². The summed E-state index contributed by atoms with van der Waals surface area (Å²) in [5.74, 6) is 0. The van der Waals surface area contributed by atoms with Gasteiger partial charge in [0.15, 0.2) is 0 Å². The summed E-state index contributed by atoms with van der Waals surface area (Å²) in [5.41, 5.74) is 0. The molecule has 28 valence electrons. The van der Waals surface area contributed by atoms with Crippen LogP contribution in [-0.2, 0) is 5.48 Å². The van der Waals surface area contributed by atoms with E-state index >= 15 is 0 Å². The first kappa shape index (κ1) is 16.4. The molecule has 0 heterocycles. The second kappa shape index (κ2) is 18.9. The van der Waals surface area contributed by atoms with Gasteiger partial charge in [-0.2, -0.15) is 0 Å². The molecule has 0 saturated carbocycles. The largest absolute Gasteiger partial charge is 2.00 e. The van der Waals surface area contributed by atoms with Gasteiger partial charge in [0.05, 0.1) is 0 Å². The van der Waals surface area contributed by atoms with Gasteiger partial charge in [-0.3, -0.25) is 0 Å². The van der Waals surface area contributed by atoms with E-state index in [1.54, 1.807) is 0 Å². The maximum atomic E-state index is 3.15. The average molecular weight is 149 g/mol. The molecule has 5 heavy (non-hydrogen) atoms. The fourth-order valence-corrected chi connectivity index (χ4v) is 0. The summed E-state index contributed by atoms with van der Waals surface area (Å²) in [4.78, 5) is 0. The number of hydrogen-bond acceptors (Lipinski definition) is 0. The zero-order chi connectivity index (χ0) is 2.71. The van der Waals surface area contributed by atoms with Gasteiger partial charge >= 0.3 is 23.1 Å². The number of rotatable bonds is 0. The normalized spacial score (nSPS) is 3.60. The topological polar surface area (TPSA) is 28.5 Å². The monoisotopic (exact) mass is 148 g/mol. The van der Waals surface area contributed by atoms with Crippen LogP contribution in [0.5, 0.6) is 0 Å². The predicted octanol–water partition coefficient (Wildman–Crippen LogP) is 0.902. The predicted molar refractivity (Wildman–Crippen MR) is 25.9 cm³/mol. The first-order chi connectivity index (χ1) is 1.41. The summed E-state index contributed by atoms with van der Waals surface area (Å²) in [5, 5.41) is 1.06. The summed E-state index contributed by atoms with van der Waals surface area (Å²) < 4.78 is 0. The van der Waals surface area contributed by atoms with E-state index in [0.29, 0.717) is 0 Å². The van der Waals surface area contributed by atoms with Gasteiger partial charge in [-0.1, -0.05) is 22.9 Å². The van der Waals surface area contributed by atoms with Gasteiger partial charge in [0, 0.05) is 5.33 Å². The van der Waals surface area contributed by atoms with Crippen LogP contribution < -0.4 is 0 Å². The minimum absolute atomic E-state index is 0. The molecule has 0 aromatic rings. The molecule has 0 aromatic heterocycles. The molecule has 0 aliphatic carbocycles. The van der Waals surface area contributed by atoms with Crippen molar-refractivity contribution in [1.82, 2.24) is 0 Å². The van der Waals surface area contributed by atoms with Crippen LogP contribution >= 0.6 is 15.9 Å². The summed E-state index contributed by atoms with van der Waals surface area (Å²) in [7, 11) is 0. The van der Waals surface area contributed by atoms with Gasteiger partial charge in [-0.15, -0.1) is 0 Å². The molecule has 0 spiro atoms. The van der Waals surface area contributed by atoms with Crippen molar-refractivity contribution in [2.24, 2.45) is 0 Å². The van der Waals surface area contributed by atoms with Crippen LogP contribution in [0.4, 0.5) is 0 Å². The molecular formula is C2H5BrMgO. The molecule has 0 unspecified atom stereocenters. The van der Waals surface area contributed by atoms with E-state index in [1.807, 2.05) is 6.92 Å². The molecule has 0 rings (SSSR count). The molecule has 0 bridgehead atoms. The fraction of sp³-hybridized carbons (Fsp3) is 1.00. The molecule has 0 aliphatic rings. The van der Waals surface area contributed by atoms with E-state index < -0.39 is 0 Å². The van der Waals surface area contributed by atoms with Gasteiger partial charge in [0.2, 0.25) is 0 Å². The minimum Gasteiger partial charge on any atom is -2.00 e. The Kier molecular flexibility index (Phi) is 61.9. The van der Waals surface area contributed by atoms with Crippen molar-refractivity contribution in [2.45, 2.75) is 6.92 Å². The van der Waals surface area contributed by atoms with Crippen LogP contribution in [0.25, 0.3) is 0 Å². The van der Waals surface area contributed by atoms with E-state index in [1.165, 1.54) is 0 Å². The SMILES string of the molecule is CCBr.[Mg+2].[O-2]. The third-order valence-electron chi connectivity index (χ3n) is 0. The summed E-state index contributed by atoms with van der Waals surface area (Å²) in [6.45, 7) is 2.04. The number of halogens is 1. The van der Waals surface area contributed by atoms with Crippen LogP contribution in [0.2, 0.25) is 0 Å². The third kappa shape index (κ3) is 36.8. The first-order valence-electron chi connectivity index (χ1n) is 0.974. The van der Waals surface area contributed by atoms with Gasteiger partial charge < -0.3 is 5.48 Å². The Morgan fingerprint density at radius 3 is 1.60 bits per heavy atom. The van der Waals surface area contributed by atoms with Crippen LogP contribution in [0.15, 0.2) is 0 Å². The maximum Gasteiger partial charge on any atom is 2.00 e. The van der Waals surface area contributed by atoms with E-state index in [4.69, 9.17) is 0 Å². The second-order valence-corrected chi connectivity index (χ2v) is 1.39. The van der Waals surface area contributed by atoms with Crippen molar-refractivity contribution in [3.8, 4) is 0 Å². The molecule has 3 heteroatoms. The van der Waals surface area contributed by atoms with E-state index in [2.05, 4.69) is 15.9 Å². The van der Waals surface area contributed by atoms with Gasteiger partial charge in [-0.05, 0) is 0 Å². The zero-order valence-corrected chi connectivity index (χ0v) is 6.20. The maximum absolute atomic E-state index is 3.15. The van der Waals surface area contributed by atoms with E-state index in [0.717, 1.165) is 5.33 Å². The van der Waals surface area contributed by atoms with Gasteiger partial charge in [0.25, 0.3) is 0 Å². The Labute approximate surface area is 56.7 Å². The Morgan fingerprint density at radius 2 is 1.60 bits per heavy atom. The van der Waals surface area contributed by atoms with Gasteiger partial charge in [-0.25, -0.2) is 0 Å². The minimum atomic E-state index is 0. The summed E-state index contributed by atoms with van der Waals surface area (Å²) in [6, 6.07) is 0. The molecular weight excluding hydrogens is 144 g/mol. The molecule has 0 fully saturated rings. The van der Waals surface area contributed by atoms with Gasteiger partial charge in [0.1, 0.15) is 0 Å². The second-order valence-electron chi connectivity index (χ2n) is 0.267. The smallest absolute Gasteiger partial charge is 2.00 e. The molecule has 0 saturated heterocycles. The molecule has 0 aliphatic heterocycles. The Balaban J connectivity index is -0.0000000200. The zero-order valence-electron chi connectivity index (χ0n) is 3.20. The first-order valence-corrected chi connectivity index (χ1v) is 2.10. The van der Waals surface area contributed by atoms with Crippen molar-refractivity contribution >= 4 is 39.0 Å². The standard InChI is InChI=1S/C2H5Br.Mg.O/c1-2-3;;/h2H2,1H3;;/q;+2;-2. The third-order valence-corrected chi connectivity index (χ3v) is 0. The Hall–Kier alpha value is 1.21. The fourth-order valence-electron chi connectivity index (χ4n) is 0. The number of alkyl halides is 1. The van der Waals surface area contributed by atoms with Crippen LogP contribution in [0, 0.1) is 0 Å². The van der Waals surface area contributed by atoms with Crippen LogP contribution in [-0.4, -0.2) is 28.4 Å². The molecule has 0 N–H and O–H groups in total. The molecule has 0 atom stereocenters. The summed E-state index contributed by atoms with van der Waals surface area (Å²) in [6.07, 6.45) is 0. The van der Waals surface area contributed by atoms with Crippen LogP contribution in [0.3, 0.4) is 0 Å². The molecule has 0 aromatic carbocycles. The quantitative estimate of drug-likeness (QED) is 0.362. The number of hydrogen-bond donors (Lipinski definition) is 0.